The van der Waals surface area contributed by atoms with Crippen LogP contribution in [0.3, 0.4) is 0 Å². The van der Waals surface area contributed by atoms with Crippen LogP contribution < -0.4 is 10.2 Å². The van der Waals surface area contributed by atoms with Gasteiger partial charge in [-0.3, -0.25) is 9.63 Å². The van der Waals surface area contributed by atoms with Gasteiger partial charge in [-0.25, -0.2) is 0 Å². The van der Waals surface area contributed by atoms with Crippen molar-refractivity contribution in [3.8, 4) is 0 Å². The van der Waals surface area contributed by atoms with Crippen LogP contribution in [-0.2, 0) is 16.2 Å². The van der Waals surface area contributed by atoms with Crippen LogP contribution >= 0.6 is 0 Å². The number of aliphatic hydroxyl groups excluding tert-OH is 2. The molecule has 1 heterocycles. The van der Waals surface area contributed by atoms with Crippen LogP contribution in [0.15, 0.2) is 24.3 Å². The van der Waals surface area contributed by atoms with E-state index in [4.69, 9.17) is 4.84 Å². The van der Waals surface area contributed by atoms with Crippen LogP contribution in [-0.4, -0.2) is 116 Å². The molecule has 0 aromatic heterocycles. The predicted octanol–water partition coefficient (Wildman–Crippen LogP) is 3.06. The molecule has 244 valence electrons. The minimum atomic E-state index is -0.802. The first-order valence-electron chi connectivity index (χ1n) is 16.5. The molecule has 0 radical (unpaired) electrons. The van der Waals surface area contributed by atoms with Gasteiger partial charge >= 0.3 is 0 Å². The molecule has 8 atom stereocenters. The predicted molar refractivity (Wildman–Crippen MR) is 173 cm³/mol. The van der Waals surface area contributed by atoms with Crippen LogP contribution in [0, 0.1) is 29.1 Å². The number of amides is 1. The molecule has 5 rings (SSSR count). The minimum absolute atomic E-state index is 0.108. The van der Waals surface area contributed by atoms with Crippen molar-refractivity contribution in [2.75, 3.05) is 65.9 Å². The molecular weight excluding hydrogens is 542 g/mol. The van der Waals surface area contributed by atoms with E-state index in [-0.39, 0.29) is 18.6 Å². The Balaban J connectivity index is 1.50. The molecule has 9 heteroatoms. The molecule has 9 nitrogen and oxygen atoms in total. The summed E-state index contributed by atoms with van der Waals surface area (Å²) in [6, 6.07) is 7.95. The van der Waals surface area contributed by atoms with Gasteiger partial charge in [0, 0.05) is 30.7 Å². The summed E-state index contributed by atoms with van der Waals surface area (Å²) in [7, 11) is 8.44. The number of hydrogen-bond acceptors (Lipinski definition) is 8. The fourth-order valence-corrected chi connectivity index (χ4v) is 8.04. The third kappa shape index (κ3) is 7.92. The summed E-state index contributed by atoms with van der Waals surface area (Å²) in [6.45, 7) is 12.8. The molecule has 1 aromatic carbocycles. The second-order valence-corrected chi connectivity index (χ2v) is 14.7. The van der Waals surface area contributed by atoms with Crippen molar-refractivity contribution >= 4 is 11.6 Å². The number of benzene rings is 1. The smallest absolute Gasteiger partial charge is 0.240 e. The maximum atomic E-state index is 14.0. The average molecular weight is 602 g/mol. The minimum Gasteiger partial charge on any atom is -0.394 e. The molecule has 0 spiro atoms. The molecule has 3 N–H and O–H groups in total. The molecule has 4 aliphatic rings. The van der Waals surface area contributed by atoms with E-state index in [0.717, 1.165) is 51.0 Å². The molecule has 4 fully saturated rings. The van der Waals surface area contributed by atoms with Crippen LogP contribution in [0.5, 0.6) is 0 Å². The Bertz CT molecular complexity index is 1040. The quantitative estimate of drug-likeness (QED) is 0.283. The highest BCUT2D eigenvalue weighted by Gasteiger charge is 2.57. The number of carbonyl (C=O) groups is 1. The number of nitrogens with one attached hydrogen (secondary N) is 1. The van der Waals surface area contributed by atoms with E-state index in [9.17, 15) is 15.0 Å². The van der Waals surface area contributed by atoms with Gasteiger partial charge in [0.25, 0.3) is 0 Å². The number of carbonyl (C=O) groups excluding carboxylic acids is 1. The van der Waals surface area contributed by atoms with E-state index in [2.05, 4.69) is 93.2 Å². The van der Waals surface area contributed by atoms with Gasteiger partial charge in [-0.05, 0) is 115 Å². The SMILES string of the molecule is C[C@@H]1[C@@H](NC(=O)[C@@H]2[C@H]([C@H](C)O)[C@H](CO)ON2Cc2cccc(N(CCCN(C)C)CCCN(C)C)c2)C[C@H]2C[C@@H]1C2(C)C. The lowest BCUT2D eigenvalue weighted by molar-refractivity contribution is -0.183. The molecule has 1 saturated heterocycles. The molecule has 0 unspecified atom stereocenters. The highest BCUT2D eigenvalue weighted by molar-refractivity contribution is 5.82. The van der Waals surface area contributed by atoms with E-state index >= 15 is 0 Å². The van der Waals surface area contributed by atoms with Gasteiger partial charge in [0.1, 0.15) is 12.1 Å². The zero-order valence-corrected chi connectivity index (χ0v) is 28.0. The van der Waals surface area contributed by atoms with Crippen LogP contribution in [0.2, 0.25) is 0 Å². The number of hydroxylamine groups is 2. The first kappa shape index (κ1) is 34.1. The number of rotatable bonds is 15. The molecule has 2 bridgehead atoms. The van der Waals surface area contributed by atoms with Crippen molar-refractivity contribution in [1.29, 1.82) is 0 Å². The maximum absolute atomic E-state index is 14.0. The van der Waals surface area contributed by atoms with Crippen molar-refractivity contribution in [1.82, 2.24) is 20.2 Å². The van der Waals surface area contributed by atoms with Crippen molar-refractivity contribution in [3.63, 3.8) is 0 Å². The zero-order chi connectivity index (χ0) is 31.5. The maximum Gasteiger partial charge on any atom is 0.240 e. The largest absolute Gasteiger partial charge is 0.394 e. The molecular formula is C34H59N5O4. The topological polar surface area (TPSA) is 91.7 Å². The van der Waals surface area contributed by atoms with Gasteiger partial charge < -0.3 is 30.2 Å². The number of aliphatic hydroxyl groups is 2. The van der Waals surface area contributed by atoms with Crippen molar-refractivity contribution in [3.05, 3.63) is 29.8 Å². The third-order valence-electron chi connectivity index (χ3n) is 10.7. The van der Waals surface area contributed by atoms with Crippen molar-refractivity contribution in [2.24, 2.45) is 29.1 Å². The van der Waals surface area contributed by atoms with Crippen LogP contribution in [0.1, 0.15) is 58.9 Å². The number of anilines is 1. The average Bonchev–Trinajstić information content (AvgIpc) is 3.31. The summed E-state index contributed by atoms with van der Waals surface area (Å²) in [5.41, 5.74) is 2.54. The van der Waals surface area contributed by atoms with Gasteiger partial charge in [-0.2, -0.15) is 5.06 Å². The van der Waals surface area contributed by atoms with E-state index in [1.165, 1.54) is 12.1 Å². The van der Waals surface area contributed by atoms with E-state index < -0.39 is 24.2 Å². The summed E-state index contributed by atoms with van der Waals surface area (Å²) in [5.74, 6) is 1.02. The van der Waals surface area contributed by atoms with Gasteiger partial charge in [-0.1, -0.05) is 32.9 Å². The lowest BCUT2D eigenvalue weighted by atomic mass is 9.45. The summed E-state index contributed by atoms with van der Waals surface area (Å²) < 4.78 is 0. The van der Waals surface area contributed by atoms with E-state index in [0.29, 0.717) is 29.7 Å². The molecule has 3 saturated carbocycles. The van der Waals surface area contributed by atoms with Crippen LogP contribution in [0.25, 0.3) is 0 Å². The van der Waals surface area contributed by atoms with Gasteiger partial charge in [0.2, 0.25) is 5.91 Å². The Labute approximate surface area is 260 Å². The number of nitrogens with zero attached hydrogens (tertiary/aromatic N) is 4. The first-order valence-corrected chi connectivity index (χ1v) is 16.5. The summed E-state index contributed by atoms with van der Waals surface area (Å²) in [5, 5.41) is 26.1. The van der Waals surface area contributed by atoms with Gasteiger partial charge in [0.15, 0.2) is 0 Å². The van der Waals surface area contributed by atoms with E-state index in [1.807, 2.05) is 0 Å². The second-order valence-electron chi connectivity index (χ2n) is 14.7. The monoisotopic (exact) mass is 601 g/mol. The summed E-state index contributed by atoms with van der Waals surface area (Å²) in [6.07, 6.45) is 2.95. The molecule has 1 amide bonds. The normalized spacial score (nSPS) is 30.8. The van der Waals surface area contributed by atoms with Gasteiger partial charge in [-0.15, -0.1) is 0 Å². The molecule has 1 aromatic rings. The summed E-state index contributed by atoms with van der Waals surface area (Å²) >= 11 is 0. The number of fused-ring (bicyclic) bond motifs is 2. The highest BCUT2D eigenvalue weighted by atomic mass is 16.7. The molecule has 3 aliphatic carbocycles. The fourth-order valence-electron chi connectivity index (χ4n) is 8.04. The van der Waals surface area contributed by atoms with Gasteiger partial charge in [0.05, 0.1) is 19.3 Å². The Hall–Kier alpha value is -1.75. The molecule has 1 aliphatic heterocycles. The second kappa shape index (κ2) is 14.6. The van der Waals surface area contributed by atoms with E-state index in [1.54, 1.807) is 12.0 Å². The lowest BCUT2D eigenvalue weighted by Crippen LogP contribution is -2.62. The first-order chi connectivity index (χ1) is 20.3. The Morgan fingerprint density at radius 1 is 1.09 bits per heavy atom. The van der Waals surface area contributed by atoms with Crippen LogP contribution in [0.4, 0.5) is 5.69 Å². The fraction of sp³-hybridized carbons (Fsp3) is 0.794. The standard InChI is InChI=1S/C34H59N5O4/c1-23-28-19-26(34(28,3)4)20-29(23)35-33(42)32-31(24(2)41)30(22-40)43-39(32)21-25-12-9-13-27(18-25)38(16-10-14-36(5)6)17-11-15-37(7)8/h9,12-13,18,23-24,26,28-32,40-41H,10-11,14-17,19-22H2,1-8H3,(H,35,42)/t23-,24-,26+,28-,29-,30-,31+,32-/m0/s1. The molecule has 43 heavy (non-hydrogen) atoms. The van der Waals surface area contributed by atoms with Crippen molar-refractivity contribution < 1.29 is 19.8 Å². The lowest BCUT2D eigenvalue weighted by Gasteiger charge is -2.62. The summed E-state index contributed by atoms with van der Waals surface area (Å²) in [4.78, 5) is 27.1. The zero-order valence-electron chi connectivity index (χ0n) is 28.0. The Morgan fingerprint density at radius 2 is 1.74 bits per heavy atom. The number of hydrogen-bond donors (Lipinski definition) is 3. The third-order valence-corrected chi connectivity index (χ3v) is 10.7. The Morgan fingerprint density at radius 3 is 2.28 bits per heavy atom. The van der Waals surface area contributed by atoms with Crippen molar-refractivity contribution in [2.45, 2.75) is 84.2 Å². The highest BCUT2D eigenvalue weighted by Crippen LogP contribution is 2.61. The Kier molecular flexibility index (Phi) is 11.6.